The molecule has 0 aromatic carbocycles. The van der Waals surface area contributed by atoms with E-state index in [4.69, 9.17) is 0 Å². The molecular weight excluding hydrogens is 154 g/mol. The molecule has 0 fully saturated rings. The van der Waals surface area contributed by atoms with E-state index in [-0.39, 0.29) is 0 Å². The third-order valence-electron chi connectivity index (χ3n) is 1.72. The van der Waals surface area contributed by atoms with Gasteiger partial charge in [-0.3, -0.25) is 9.20 Å². The van der Waals surface area contributed by atoms with Gasteiger partial charge < -0.3 is 0 Å². The van der Waals surface area contributed by atoms with Crippen LogP contribution in [0.1, 0.15) is 16.3 Å². The molecule has 0 saturated carbocycles. The Hall–Kier alpha value is -1.71. The molecule has 2 aromatic heterocycles. The van der Waals surface area contributed by atoms with E-state index < -0.39 is 0 Å². The van der Waals surface area contributed by atoms with Gasteiger partial charge in [0, 0.05) is 12.4 Å². The third-order valence-corrected chi connectivity index (χ3v) is 1.72. The summed E-state index contributed by atoms with van der Waals surface area (Å²) >= 11 is 0. The van der Waals surface area contributed by atoms with E-state index in [9.17, 15) is 4.79 Å². The normalized spacial score (nSPS) is 10.4. The lowest BCUT2D eigenvalue weighted by Gasteiger charge is -1.91. The van der Waals surface area contributed by atoms with Crippen LogP contribution in [0.4, 0.5) is 0 Å². The van der Waals surface area contributed by atoms with Crippen molar-refractivity contribution in [3.63, 3.8) is 0 Å². The highest BCUT2D eigenvalue weighted by molar-refractivity contribution is 5.81. The van der Waals surface area contributed by atoms with Gasteiger partial charge >= 0.3 is 0 Å². The second-order valence-electron chi connectivity index (χ2n) is 2.48. The molecule has 0 atom stereocenters. The minimum absolute atomic E-state index is 0.396. The lowest BCUT2D eigenvalue weighted by Crippen LogP contribution is -1.88. The monoisotopic (exact) mass is 161 g/mol. The van der Waals surface area contributed by atoms with Crippen LogP contribution in [0.3, 0.4) is 0 Å². The van der Waals surface area contributed by atoms with Gasteiger partial charge in [0.05, 0.1) is 0 Å². The molecular formula is C8H7N3O. The zero-order chi connectivity index (χ0) is 8.55. The zero-order valence-electron chi connectivity index (χ0n) is 6.56. The Morgan fingerprint density at radius 1 is 1.58 bits per heavy atom. The van der Waals surface area contributed by atoms with Crippen LogP contribution in [0, 0.1) is 6.92 Å². The number of hydrogen-bond acceptors (Lipinski definition) is 3. The number of carbonyl (C=O) groups is 1. The van der Waals surface area contributed by atoms with Crippen molar-refractivity contribution >= 4 is 11.9 Å². The molecule has 2 heterocycles. The minimum Gasteiger partial charge on any atom is -0.296 e. The van der Waals surface area contributed by atoms with Crippen LogP contribution in [-0.4, -0.2) is 20.7 Å². The van der Waals surface area contributed by atoms with Crippen molar-refractivity contribution in [2.24, 2.45) is 0 Å². The number of imidazole rings is 1. The molecule has 0 saturated heterocycles. The number of rotatable bonds is 1. The van der Waals surface area contributed by atoms with E-state index in [0.29, 0.717) is 11.3 Å². The standard InChI is InChI=1S/C8H7N3O/c1-6-10-7(5-12)8-9-3-2-4-11(6)8/h2-5H,1H3. The Morgan fingerprint density at radius 2 is 2.42 bits per heavy atom. The number of aryl methyl sites for hydroxylation is 1. The largest absolute Gasteiger partial charge is 0.296 e. The molecule has 12 heavy (non-hydrogen) atoms. The first-order valence-electron chi connectivity index (χ1n) is 3.58. The number of fused-ring (bicyclic) bond motifs is 1. The second-order valence-corrected chi connectivity index (χ2v) is 2.48. The fourth-order valence-corrected chi connectivity index (χ4v) is 1.18. The average Bonchev–Trinajstić information content (AvgIpc) is 2.44. The summed E-state index contributed by atoms with van der Waals surface area (Å²) in [6, 6.07) is 1.80. The van der Waals surface area contributed by atoms with E-state index in [1.807, 2.05) is 13.1 Å². The van der Waals surface area contributed by atoms with Crippen molar-refractivity contribution < 1.29 is 4.79 Å². The van der Waals surface area contributed by atoms with Crippen LogP contribution in [0.25, 0.3) is 5.65 Å². The van der Waals surface area contributed by atoms with Crippen molar-refractivity contribution in [3.8, 4) is 0 Å². The molecule has 0 amide bonds. The van der Waals surface area contributed by atoms with Gasteiger partial charge in [0.25, 0.3) is 0 Å². The number of nitrogens with zero attached hydrogens (tertiary/aromatic N) is 3. The van der Waals surface area contributed by atoms with E-state index in [0.717, 1.165) is 12.1 Å². The maximum absolute atomic E-state index is 10.5. The van der Waals surface area contributed by atoms with Gasteiger partial charge in [-0.05, 0) is 13.0 Å². The number of aromatic nitrogens is 3. The lowest BCUT2D eigenvalue weighted by atomic mass is 10.5. The summed E-state index contributed by atoms with van der Waals surface area (Å²) in [5.74, 6) is 0.778. The molecule has 60 valence electrons. The molecule has 2 aromatic rings. The van der Waals surface area contributed by atoms with E-state index in [1.165, 1.54) is 0 Å². The molecule has 0 aliphatic carbocycles. The molecule has 2 rings (SSSR count). The minimum atomic E-state index is 0.396. The van der Waals surface area contributed by atoms with Crippen molar-refractivity contribution in [1.29, 1.82) is 0 Å². The van der Waals surface area contributed by atoms with Crippen molar-refractivity contribution in [2.75, 3.05) is 0 Å². The van der Waals surface area contributed by atoms with Gasteiger partial charge in [-0.25, -0.2) is 9.97 Å². The summed E-state index contributed by atoms with van der Waals surface area (Å²) < 4.78 is 1.78. The molecule has 0 radical (unpaired) electrons. The van der Waals surface area contributed by atoms with Crippen LogP contribution in [0.15, 0.2) is 18.5 Å². The SMILES string of the molecule is Cc1nc(C=O)c2ncccn12. The Morgan fingerprint density at radius 3 is 3.17 bits per heavy atom. The van der Waals surface area contributed by atoms with Gasteiger partial charge in [-0.15, -0.1) is 0 Å². The van der Waals surface area contributed by atoms with E-state index >= 15 is 0 Å². The lowest BCUT2D eigenvalue weighted by molar-refractivity contribution is 0.112. The second kappa shape index (κ2) is 2.41. The Labute approximate surface area is 68.9 Å². The summed E-state index contributed by atoms with van der Waals surface area (Å²) in [4.78, 5) is 18.6. The maximum Gasteiger partial charge on any atom is 0.172 e. The molecule has 4 nitrogen and oxygen atoms in total. The van der Waals surface area contributed by atoms with Crippen molar-refractivity contribution in [3.05, 3.63) is 30.0 Å². The number of hydrogen-bond donors (Lipinski definition) is 0. The van der Waals surface area contributed by atoms with Crippen LogP contribution >= 0.6 is 0 Å². The zero-order valence-corrected chi connectivity index (χ0v) is 6.56. The summed E-state index contributed by atoms with van der Waals surface area (Å²) in [7, 11) is 0. The van der Waals surface area contributed by atoms with Gasteiger partial charge in [0.15, 0.2) is 11.9 Å². The van der Waals surface area contributed by atoms with E-state index in [1.54, 1.807) is 16.7 Å². The predicted octanol–water partition coefficient (Wildman–Crippen LogP) is 0.850. The van der Waals surface area contributed by atoms with Crippen LogP contribution in [-0.2, 0) is 0 Å². The molecule has 0 unspecified atom stereocenters. The smallest absolute Gasteiger partial charge is 0.172 e. The molecule has 0 aliphatic heterocycles. The van der Waals surface area contributed by atoms with Gasteiger partial charge in [-0.1, -0.05) is 0 Å². The van der Waals surface area contributed by atoms with Crippen LogP contribution in [0.5, 0.6) is 0 Å². The van der Waals surface area contributed by atoms with Crippen molar-refractivity contribution in [1.82, 2.24) is 14.4 Å². The number of aldehydes is 1. The summed E-state index contributed by atoms with van der Waals surface area (Å²) in [6.45, 7) is 1.84. The van der Waals surface area contributed by atoms with Gasteiger partial charge in [0.2, 0.25) is 0 Å². The first-order valence-corrected chi connectivity index (χ1v) is 3.58. The van der Waals surface area contributed by atoms with Crippen LogP contribution < -0.4 is 0 Å². The first-order chi connectivity index (χ1) is 5.83. The fourth-order valence-electron chi connectivity index (χ4n) is 1.18. The fraction of sp³-hybridized carbons (Fsp3) is 0.125. The Balaban J connectivity index is 2.91. The first kappa shape index (κ1) is 6.97. The quantitative estimate of drug-likeness (QED) is 0.582. The van der Waals surface area contributed by atoms with E-state index in [2.05, 4.69) is 9.97 Å². The summed E-state index contributed by atoms with van der Waals surface area (Å²) in [5, 5.41) is 0. The maximum atomic E-state index is 10.5. The highest BCUT2D eigenvalue weighted by Gasteiger charge is 2.06. The molecule has 0 N–H and O–H groups in total. The molecule has 0 aliphatic rings. The Bertz CT molecular complexity index is 433. The van der Waals surface area contributed by atoms with Gasteiger partial charge in [-0.2, -0.15) is 0 Å². The highest BCUT2D eigenvalue weighted by atomic mass is 16.1. The Kier molecular flexibility index (Phi) is 1.40. The average molecular weight is 161 g/mol. The van der Waals surface area contributed by atoms with Gasteiger partial charge in [0.1, 0.15) is 11.5 Å². The predicted molar refractivity (Wildman–Crippen MR) is 43.1 cm³/mol. The molecule has 0 bridgehead atoms. The molecule has 0 spiro atoms. The topological polar surface area (TPSA) is 47.3 Å². The summed E-state index contributed by atoms with van der Waals surface area (Å²) in [5.41, 5.74) is 1.01. The van der Waals surface area contributed by atoms with Crippen LogP contribution in [0.2, 0.25) is 0 Å². The summed E-state index contributed by atoms with van der Waals surface area (Å²) in [6.07, 6.45) is 4.19. The van der Waals surface area contributed by atoms with Crippen molar-refractivity contribution in [2.45, 2.75) is 6.92 Å². The number of carbonyl (C=O) groups excluding carboxylic acids is 1. The highest BCUT2D eigenvalue weighted by Crippen LogP contribution is 2.06. The third kappa shape index (κ3) is 0.812. The molecule has 4 heteroatoms.